The number of aldehydes is 1. The number of hydrogen-bond donors (Lipinski definition) is 0. The summed E-state index contributed by atoms with van der Waals surface area (Å²) in [4.78, 5) is 10.6. The number of thiophene rings is 1. The van der Waals surface area contributed by atoms with Crippen LogP contribution < -0.4 is 0 Å². The van der Waals surface area contributed by atoms with E-state index in [2.05, 4.69) is 36.8 Å². The number of allylic oxidation sites excluding steroid dienone is 4. The molecular weight excluding hydrogens is 204 g/mol. The van der Waals surface area contributed by atoms with Gasteiger partial charge in [-0.2, -0.15) is 11.3 Å². The Morgan fingerprint density at radius 1 is 1.40 bits per heavy atom. The summed E-state index contributed by atoms with van der Waals surface area (Å²) in [5, 5.41) is 4.38. The maximum atomic E-state index is 10.6. The quantitative estimate of drug-likeness (QED) is 0.695. The van der Waals surface area contributed by atoms with E-state index in [1.165, 1.54) is 11.1 Å². The largest absolute Gasteiger partial charge is 0.298 e. The van der Waals surface area contributed by atoms with Gasteiger partial charge in [0, 0.05) is 11.5 Å². The van der Waals surface area contributed by atoms with E-state index in [-0.39, 0.29) is 0 Å². The van der Waals surface area contributed by atoms with E-state index in [0.717, 1.165) is 11.9 Å². The van der Waals surface area contributed by atoms with E-state index in [9.17, 15) is 4.79 Å². The summed E-state index contributed by atoms with van der Waals surface area (Å²) in [5.74, 6) is 0.837. The van der Waals surface area contributed by atoms with Crippen molar-refractivity contribution in [3.8, 4) is 0 Å². The number of carbonyl (C=O) groups excluding carboxylic acids is 1. The maximum absolute atomic E-state index is 10.6. The fourth-order valence-corrected chi connectivity index (χ4v) is 2.93. The van der Waals surface area contributed by atoms with Crippen LogP contribution in [0.25, 0.3) is 0 Å². The Balaban J connectivity index is 2.29. The lowest BCUT2D eigenvalue weighted by molar-refractivity contribution is -0.104. The van der Waals surface area contributed by atoms with Crippen LogP contribution in [0.4, 0.5) is 0 Å². The lowest BCUT2D eigenvalue weighted by Gasteiger charge is -2.21. The molecule has 15 heavy (non-hydrogen) atoms. The molecule has 0 spiro atoms. The molecule has 1 aliphatic carbocycles. The minimum atomic E-state index is 0.406. The summed E-state index contributed by atoms with van der Waals surface area (Å²) < 4.78 is 0. The third kappa shape index (κ3) is 1.95. The van der Waals surface area contributed by atoms with Crippen molar-refractivity contribution in [2.45, 2.75) is 19.8 Å². The Bertz CT molecular complexity index is 425. The lowest BCUT2D eigenvalue weighted by atomic mass is 9.82. The first-order valence-corrected chi connectivity index (χ1v) is 6.04. The molecule has 0 N–H and O–H groups in total. The molecule has 1 nitrogen and oxygen atoms in total. The Labute approximate surface area is 94.1 Å². The fraction of sp³-hybridized carbons (Fsp3) is 0.308. The minimum Gasteiger partial charge on any atom is -0.298 e. The monoisotopic (exact) mass is 218 g/mol. The van der Waals surface area contributed by atoms with Gasteiger partial charge in [-0.15, -0.1) is 0 Å². The van der Waals surface area contributed by atoms with Crippen LogP contribution in [-0.4, -0.2) is 6.29 Å². The van der Waals surface area contributed by atoms with Gasteiger partial charge in [-0.25, -0.2) is 0 Å². The molecule has 1 aromatic rings. The van der Waals surface area contributed by atoms with Crippen LogP contribution >= 0.6 is 11.3 Å². The third-order valence-electron chi connectivity index (χ3n) is 2.91. The van der Waals surface area contributed by atoms with Crippen molar-refractivity contribution in [2.24, 2.45) is 5.92 Å². The number of aryl methyl sites for hydroxylation is 1. The first kappa shape index (κ1) is 10.4. The molecule has 2 atom stereocenters. The van der Waals surface area contributed by atoms with Crippen LogP contribution in [0.1, 0.15) is 24.0 Å². The Hall–Kier alpha value is -1.15. The van der Waals surface area contributed by atoms with E-state index >= 15 is 0 Å². The zero-order chi connectivity index (χ0) is 10.8. The van der Waals surface area contributed by atoms with E-state index in [1.54, 1.807) is 11.3 Å². The normalized spacial score (nSPS) is 25.1. The summed E-state index contributed by atoms with van der Waals surface area (Å²) in [6.45, 7) is 4.31. The topological polar surface area (TPSA) is 17.1 Å². The molecule has 2 heteroatoms. The van der Waals surface area contributed by atoms with Gasteiger partial charge in [-0.05, 0) is 34.7 Å². The molecule has 0 amide bonds. The maximum Gasteiger partial charge on any atom is 0.149 e. The summed E-state index contributed by atoms with van der Waals surface area (Å²) in [7, 11) is 0. The van der Waals surface area contributed by atoms with Crippen LogP contribution in [-0.2, 0) is 4.79 Å². The van der Waals surface area contributed by atoms with E-state index in [4.69, 9.17) is 0 Å². The molecular formula is C13H14OS. The van der Waals surface area contributed by atoms with Gasteiger partial charge in [0.05, 0.1) is 0 Å². The van der Waals surface area contributed by atoms with Gasteiger partial charge in [0.15, 0.2) is 0 Å². The highest BCUT2D eigenvalue weighted by atomic mass is 32.1. The second kappa shape index (κ2) is 4.15. The zero-order valence-corrected chi connectivity index (χ0v) is 9.75. The molecule has 1 aliphatic rings. The van der Waals surface area contributed by atoms with E-state index in [0.29, 0.717) is 11.8 Å². The van der Waals surface area contributed by atoms with Crippen molar-refractivity contribution in [1.82, 2.24) is 0 Å². The lowest BCUT2D eigenvalue weighted by Crippen LogP contribution is -2.09. The predicted molar refractivity (Wildman–Crippen MR) is 64.2 cm³/mol. The number of rotatable bonds is 2. The second-order valence-electron chi connectivity index (χ2n) is 4.04. The van der Waals surface area contributed by atoms with E-state index < -0.39 is 0 Å². The van der Waals surface area contributed by atoms with Gasteiger partial charge in [0.25, 0.3) is 0 Å². The van der Waals surface area contributed by atoms with Crippen molar-refractivity contribution >= 4 is 17.6 Å². The average molecular weight is 218 g/mol. The van der Waals surface area contributed by atoms with Gasteiger partial charge in [-0.1, -0.05) is 25.2 Å². The zero-order valence-electron chi connectivity index (χ0n) is 8.94. The molecule has 1 aromatic heterocycles. The van der Waals surface area contributed by atoms with Gasteiger partial charge in [-0.3, -0.25) is 4.79 Å². The Morgan fingerprint density at radius 3 is 2.73 bits per heavy atom. The third-order valence-corrected chi connectivity index (χ3v) is 3.79. The highest BCUT2D eigenvalue weighted by molar-refractivity contribution is 7.08. The molecule has 1 heterocycles. The molecule has 0 aliphatic heterocycles. The molecule has 78 valence electrons. The van der Waals surface area contributed by atoms with Crippen molar-refractivity contribution in [2.75, 3.05) is 0 Å². The average Bonchev–Trinajstić information content (AvgIpc) is 2.64. The smallest absolute Gasteiger partial charge is 0.149 e. The summed E-state index contributed by atoms with van der Waals surface area (Å²) >= 11 is 1.74. The van der Waals surface area contributed by atoms with Crippen LogP contribution in [0, 0.1) is 12.8 Å². The van der Waals surface area contributed by atoms with Gasteiger partial charge >= 0.3 is 0 Å². The van der Waals surface area contributed by atoms with E-state index in [1.807, 2.05) is 6.08 Å². The highest BCUT2D eigenvalue weighted by Crippen LogP contribution is 2.34. The van der Waals surface area contributed by atoms with Crippen molar-refractivity contribution in [3.05, 3.63) is 45.7 Å². The van der Waals surface area contributed by atoms with Crippen LogP contribution in [0.5, 0.6) is 0 Å². The van der Waals surface area contributed by atoms with Crippen molar-refractivity contribution in [1.29, 1.82) is 0 Å². The Kier molecular flexibility index (Phi) is 2.87. The van der Waals surface area contributed by atoms with Crippen LogP contribution in [0.15, 0.2) is 34.6 Å². The summed E-state index contributed by atoms with van der Waals surface area (Å²) in [6.07, 6.45) is 7.04. The first-order chi connectivity index (χ1) is 7.22. The molecule has 0 bridgehead atoms. The standard InChI is InChI=1S/C13H14OS/c1-9-5-11(6-14)3-4-12(9)13-8-15-7-10(13)2/h3-9,12H,1-2H3. The molecule has 0 saturated heterocycles. The number of hydrogen-bond acceptors (Lipinski definition) is 2. The minimum absolute atomic E-state index is 0.406. The molecule has 0 aromatic carbocycles. The SMILES string of the molecule is Cc1cscc1C1C=CC(C=O)=CC1C. The summed E-state index contributed by atoms with van der Waals surface area (Å²) in [5.41, 5.74) is 3.54. The second-order valence-corrected chi connectivity index (χ2v) is 4.78. The molecule has 2 unspecified atom stereocenters. The number of carbonyl (C=O) groups is 1. The summed E-state index contributed by atoms with van der Waals surface area (Å²) in [6, 6.07) is 0. The molecule has 0 radical (unpaired) electrons. The van der Waals surface area contributed by atoms with Crippen LogP contribution in [0.3, 0.4) is 0 Å². The van der Waals surface area contributed by atoms with Crippen molar-refractivity contribution < 1.29 is 4.79 Å². The molecule has 0 saturated carbocycles. The first-order valence-electron chi connectivity index (χ1n) is 5.10. The van der Waals surface area contributed by atoms with Gasteiger partial charge < -0.3 is 0 Å². The van der Waals surface area contributed by atoms with Gasteiger partial charge in [0.2, 0.25) is 0 Å². The molecule has 2 rings (SSSR count). The van der Waals surface area contributed by atoms with Gasteiger partial charge in [0.1, 0.15) is 6.29 Å². The van der Waals surface area contributed by atoms with Crippen molar-refractivity contribution in [3.63, 3.8) is 0 Å². The fourth-order valence-electron chi connectivity index (χ4n) is 2.03. The predicted octanol–water partition coefficient (Wildman–Crippen LogP) is 3.47. The molecule has 0 fully saturated rings. The highest BCUT2D eigenvalue weighted by Gasteiger charge is 2.20. The van der Waals surface area contributed by atoms with Crippen LogP contribution in [0.2, 0.25) is 0 Å². The Morgan fingerprint density at radius 2 is 2.20 bits per heavy atom.